The smallest absolute Gasteiger partial charge is 0.115 e. The number of rotatable bonds is 4. The van der Waals surface area contributed by atoms with Crippen molar-refractivity contribution in [3.05, 3.63) is 7.11 Å². The van der Waals surface area contributed by atoms with E-state index in [1.165, 1.54) is 12.8 Å². The predicted octanol–water partition coefficient (Wildman–Crippen LogP) is 2.11. The van der Waals surface area contributed by atoms with Crippen LogP contribution in [0.4, 0.5) is 0 Å². The van der Waals surface area contributed by atoms with Crippen molar-refractivity contribution < 1.29 is 4.74 Å². The van der Waals surface area contributed by atoms with Crippen LogP contribution in [0.25, 0.3) is 0 Å². The van der Waals surface area contributed by atoms with E-state index >= 15 is 0 Å². The van der Waals surface area contributed by atoms with Crippen molar-refractivity contribution in [3.63, 3.8) is 0 Å². The Bertz CT molecular complexity index is 37.7. The standard InChI is InChI=1S/C7H14O/c1-4-5-7(2)6-8-3/h3,7H,4-6H2,1-2H3. The van der Waals surface area contributed by atoms with Crippen LogP contribution in [-0.4, -0.2) is 6.61 Å². The molecule has 1 heteroatoms. The minimum absolute atomic E-state index is 0.616. The molecule has 8 heavy (non-hydrogen) atoms. The number of hydrogen-bond donors (Lipinski definition) is 0. The van der Waals surface area contributed by atoms with Gasteiger partial charge < -0.3 is 4.74 Å². The Morgan fingerprint density at radius 1 is 1.62 bits per heavy atom. The summed E-state index contributed by atoms with van der Waals surface area (Å²) in [4.78, 5) is 0. The molecule has 0 aliphatic rings. The van der Waals surface area contributed by atoms with Crippen LogP contribution in [0.3, 0.4) is 0 Å². The molecule has 0 aliphatic heterocycles. The first-order valence-corrected chi connectivity index (χ1v) is 3.13. The SMILES string of the molecule is [CH]OCC(C)CCC. The molecule has 0 spiro atoms. The zero-order valence-electron chi connectivity index (χ0n) is 5.68. The lowest BCUT2D eigenvalue weighted by Gasteiger charge is -2.05. The van der Waals surface area contributed by atoms with E-state index in [4.69, 9.17) is 7.11 Å². The van der Waals surface area contributed by atoms with Gasteiger partial charge in [0.2, 0.25) is 0 Å². The van der Waals surface area contributed by atoms with Gasteiger partial charge in [0.15, 0.2) is 0 Å². The van der Waals surface area contributed by atoms with E-state index in [2.05, 4.69) is 18.6 Å². The van der Waals surface area contributed by atoms with Gasteiger partial charge in [-0.05, 0) is 12.3 Å². The fourth-order valence-electron chi connectivity index (χ4n) is 0.740. The molecule has 0 amide bonds. The second kappa shape index (κ2) is 5.10. The van der Waals surface area contributed by atoms with Crippen LogP contribution in [-0.2, 0) is 4.74 Å². The zero-order valence-corrected chi connectivity index (χ0v) is 5.68. The molecule has 1 unspecified atom stereocenters. The minimum atomic E-state index is 0.616. The largest absolute Gasteiger partial charge is 0.372 e. The minimum Gasteiger partial charge on any atom is -0.372 e. The first-order valence-electron chi connectivity index (χ1n) is 3.13. The van der Waals surface area contributed by atoms with E-state index in [1.54, 1.807) is 0 Å². The maximum atomic E-state index is 4.86. The van der Waals surface area contributed by atoms with Crippen LogP contribution in [0, 0.1) is 13.0 Å². The van der Waals surface area contributed by atoms with Gasteiger partial charge in [0.1, 0.15) is 7.11 Å². The molecule has 2 radical (unpaired) electrons. The summed E-state index contributed by atoms with van der Waals surface area (Å²) in [5.41, 5.74) is 0. The van der Waals surface area contributed by atoms with Crippen molar-refractivity contribution in [1.82, 2.24) is 0 Å². The maximum Gasteiger partial charge on any atom is 0.115 e. The summed E-state index contributed by atoms with van der Waals surface area (Å²) in [6.07, 6.45) is 2.42. The molecular weight excluding hydrogens is 100 g/mol. The van der Waals surface area contributed by atoms with Gasteiger partial charge in [-0.3, -0.25) is 0 Å². The van der Waals surface area contributed by atoms with Gasteiger partial charge in [-0.1, -0.05) is 20.3 Å². The molecule has 0 aromatic heterocycles. The molecule has 0 heterocycles. The lowest BCUT2D eigenvalue weighted by Crippen LogP contribution is -2.00. The molecular formula is C7H14O. The van der Waals surface area contributed by atoms with E-state index in [9.17, 15) is 0 Å². The molecule has 0 aromatic carbocycles. The average Bonchev–Trinajstić information content (AvgIpc) is 1.68. The van der Waals surface area contributed by atoms with E-state index in [1.807, 2.05) is 0 Å². The summed E-state index contributed by atoms with van der Waals surface area (Å²) in [5.74, 6) is 0.616. The lowest BCUT2D eigenvalue weighted by atomic mass is 10.1. The zero-order chi connectivity index (χ0) is 6.41. The van der Waals surface area contributed by atoms with Crippen LogP contribution in [0.15, 0.2) is 0 Å². The second-order valence-corrected chi connectivity index (χ2v) is 2.23. The molecule has 0 saturated heterocycles. The third-order valence-corrected chi connectivity index (χ3v) is 1.16. The van der Waals surface area contributed by atoms with Crippen LogP contribution in [0.1, 0.15) is 26.7 Å². The summed E-state index contributed by atoms with van der Waals surface area (Å²) in [6, 6.07) is 0. The Kier molecular flexibility index (Phi) is 5.08. The topological polar surface area (TPSA) is 9.23 Å². The van der Waals surface area contributed by atoms with Gasteiger partial charge in [-0.15, -0.1) is 0 Å². The van der Waals surface area contributed by atoms with Crippen LogP contribution in [0.2, 0.25) is 0 Å². The van der Waals surface area contributed by atoms with Gasteiger partial charge in [0.25, 0.3) is 0 Å². The summed E-state index contributed by atoms with van der Waals surface area (Å²) in [5, 5.41) is 0. The lowest BCUT2D eigenvalue weighted by molar-refractivity contribution is 0.191. The maximum absolute atomic E-state index is 4.86. The van der Waals surface area contributed by atoms with Gasteiger partial charge in [-0.25, -0.2) is 0 Å². The second-order valence-electron chi connectivity index (χ2n) is 2.23. The summed E-state index contributed by atoms with van der Waals surface area (Å²) in [7, 11) is 4.86. The van der Waals surface area contributed by atoms with E-state index < -0.39 is 0 Å². The van der Waals surface area contributed by atoms with E-state index in [0.29, 0.717) is 12.5 Å². The highest BCUT2D eigenvalue weighted by molar-refractivity contribution is 4.48. The van der Waals surface area contributed by atoms with Gasteiger partial charge in [0, 0.05) is 6.61 Å². The van der Waals surface area contributed by atoms with Crippen molar-refractivity contribution in [1.29, 1.82) is 0 Å². The Labute approximate surface area is 52.0 Å². The van der Waals surface area contributed by atoms with Crippen molar-refractivity contribution in [2.45, 2.75) is 26.7 Å². The molecule has 0 saturated carbocycles. The molecule has 0 aromatic rings. The van der Waals surface area contributed by atoms with Gasteiger partial charge in [-0.2, -0.15) is 0 Å². The molecule has 0 fully saturated rings. The van der Waals surface area contributed by atoms with E-state index in [-0.39, 0.29) is 0 Å². The van der Waals surface area contributed by atoms with Crippen molar-refractivity contribution >= 4 is 0 Å². The monoisotopic (exact) mass is 114 g/mol. The predicted molar refractivity (Wildman–Crippen MR) is 34.3 cm³/mol. The van der Waals surface area contributed by atoms with E-state index in [0.717, 1.165) is 0 Å². The average molecular weight is 114 g/mol. The Balaban J connectivity index is 2.92. The van der Waals surface area contributed by atoms with Gasteiger partial charge >= 0.3 is 0 Å². The summed E-state index contributed by atoms with van der Waals surface area (Å²) < 4.78 is 4.46. The molecule has 0 bridgehead atoms. The highest BCUT2D eigenvalue weighted by Gasteiger charge is 1.96. The molecule has 1 atom stereocenters. The highest BCUT2D eigenvalue weighted by Crippen LogP contribution is 2.03. The van der Waals surface area contributed by atoms with Gasteiger partial charge in [0.05, 0.1) is 0 Å². The van der Waals surface area contributed by atoms with Crippen LogP contribution in [0.5, 0.6) is 0 Å². The van der Waals surface area contributed by atoms with Crippen molar-refractivity contribution in [3.8, 4) is 0 Å². The van der Waals surface area contributed by atoms with Crippen molar-refractivity contribution in [2.24, 2.45) is 5.92 Å². The van der Waals surface area contributed by atoms with Crippen molar-refractivity contribution in [2.75, 3.05) is 6.61 Å². The Morgan fingerprint density at radius 3 is 2.62 bits per heavy atom. The first-order chi connectivity index (χ1) is 3.81. The first kappa shape index (κ1) is 7.96. The van der Waals surface area contributed by atoms with Crippen LogP contribution < -0.4 is 0 Å². The fraction of sp³-hybridized carbons (Fsp3) is 0.857. The Hall–Kier alpha value is -0.0400. The number of ether oxygens (including phenoxy) is 1. The molecule has 1 nitrogen and oxygen atoms in total. The highest BCUT2D eigenvalue weighted by atomic mass is 16.5. The normalized spacial score (nSPS) is 13.9. The molecule has 0 aliphatic carbocycles. The number of hydrogen-bond acceptors (Lipinski definition) is 1. The molecule has 0 N–H and O–H groups in total. The quantitative estimate of drug-likeness (QED) is 0.544. The molecule has 0 rings (SSSR count). The summed E-state index contributed by atoms with van der Waals surface area (Å²) in [6.45, 7) is 4.98. The molecule has 48 valence electrons. The fourth-order valence-corrected chi connectivity index (χ4v) is 0.740. The third-order valence-electron chi connectivity index (χ3n) is 1.16. The van der Waals surface area contributed by atoms with Crippen LogP contribution >= 0.6 is 0 Å². The third kappa shape index (κ3) is 4.13. The summed E-state index contributed by atoms with van der Waals surface area (Å²) >= 11 is 0. The Morgan fingerprint density at radius 2 is 2.25 bits per heavy atom.